The molecule has 1 aliphatic rings. The highest BCUT2D eigenvalue weighted by atomic mass is 16.4. The van der Waals surface area contributed by atoms with Crippen LogP contribution in [0.4, 0.5) is 5.69 Å². The number of benzene rings is 1. The van der Waals surface area contributed by atoms with E-state index in [-0.39, 0.29) is 11.8 Å². The predicted octanol–water partition coefficient (Wildman–Crippen LogP) is 2.75. The number of fused-ring (bicyclic) bond motifs is 1. The van der Waals surface area contributed by atoms with Gasteiger partial charge in [-0.2, -0.15) is 5.10 Å². The summed E-state index contributed by atoms with van der Waals surface area (Å²) in [6, 6.07) is 12.2. The van der Waals surface area contributed by atoms with E-state index < -0.39 is 5.63 Å². The van der Waals surface area contributed by atoms with E-state index in [0.29, 0.717) is 54.3 Å². The van der Waals surface area contributed by atoms with Gasteiger partial charge in [0.15, 0.2) is 5.69 Å². The van der Waals surface area contributed by atoms with E-state index in [0.717, 1.165) is 5.69 Å². The van der Waals surface area contributed by atoms with Crippen molar-refractivity contribution >= 4 is 17.5 Å². The first kappa shape index (κ1) is 19.6. The van der Waals surface area contributed by atoms with Crippen LogP contribution in [0.3, 0.4) is 0 Å². The monoisotopic (exact) mass is 406 g/mol. The summed E-state index contributed by atoms with van der Waals surface area (Å²) in [5.74, 6) is -0.180. The molecule has 1 aromatic carbocycles. The number of nitrogens with one attached hydrogen (secondary N) is 1. The largest absolute Gasteiger partial charge is 0.427 e. The molecule has 2 amide bonds. The van der Waals surface area contributed by atoms with Gasteiger partial charge in [0.1, 0.15) is 5.76 Å². The molecule has 0 spiro atoms. The van der Waals surface area contributed by atoms with Crippen molar-refractivity contribution < 1.29 is 14.0 Å². The van der Waals surface area contributed by atoms with Gasteiger partial charge in [0.2, 0.25) is 0 Å². The van der Waals surface area contributed by atoms with Crippen LogP contribution in [0.5, 0.6) is 0 Å². The SMILES string of the molecule is Cc1cc(=O)oc(C)c1C(=O)N1CCCn2nc(C(=O)Nc3ccccc3)cc2C1. The maximum atomic E-state index is 13.2. The average molecular weight is 406 g/mol. The number of para-hydroxylation sites is 1. The number of amides is 2. The molecule has 0 radical (unpaired) electrons. The van der Waals surface area contributed by atoms with E-state index >= 15 is 0 Å². The van der Waals surface area contributed by atoms with Crippen LogP contribution in [0.15, 0.2) is 51.7 Å². The van der Waals surface area contributed by atoms with Crippen LogP contribution < -0.4 is 10.9 Å². The van der Waals surface area contributed by atoms with Crippen molar-refractivity contribution in [1.82, 2.24) is 14.7 Å². The Labute approximate surface area is 173 Å². The summed E-state index contributed by atoms with van der Waals surface area (Å²) in [7, 11) is 0. The van der Waals surface area contributed by atoms with Gasteiger partial charge in [-0.3, -0.25) is 14.3 Å². The van der Waals surface area contributed by atoms with Gasteiger partial charge in [0.25, 0.3) is 11.8 Å². The number of carbonyl (C=O) groups is 2. The summed E-state index contributed by atoms with van der Waals surface area (Å²) in [5.41, 5.74) is 2.32. The molecular weight excluding hydrogens is 384 g/mol. The zero-order valence-corrected chi connectivity index (χ0v) is 16.8. The Hall–Kier alpha value is -3.68. The topological polar surface area (TPSA) is 97.4 Å². The molecule has 8 nitrogen and oxygen atoms in total. The Kier molecular flexibility index (Phi) is 5.22. The molecule has 3 aromatic rings. The summed E-state index contributed by atoms with van der Waals surface area (Å²) in [6.45, 7) is 4.83. The van der Waals surface area contributed by atoms with Crippen molar-refractivity contribution in [3.05, 3.63) is 81.2 Å². The van der Waals surface area contributed by atoms with Crippen LogP contribution in [0.25, 0.3) is 0 Å². The number of aryl methyl sites for hydroxylation is 3. The number of anilines is 1. The summed E-state index contributed by atoms with van der Waals surface area (Å²) in [4.78, 5) is 39.0. The molecule has 0 atom stereocenters. The van der Waals surface area contributed by atoms with Gasteiger partial charge in [0.05, 0.1) is 17.8 Å². The molecule has 8 heteroatoms. The highest BCUT2D eigenvalue weighted by Crippen LogP contribution is 2.20. The minimum atomic E-state index is -0.468. The molecule has 4 rings (SSSR count). The van der Waals surface area contributed by atoms with Gasteiger partial charge in [-0.1, -0.05) is 18.2 Å². The van der Waals surface area contributed by atoms with Crippen molar-refractivity contribution in [2.75, 3.05) is 11.9 Å². The molecule has 2 aromatic heterocycles. The lowest BCUT2D eigenvalue weighted by molar-refractivity contribution is 0.0740. The van der Waals surface area contributed by atoms with Gasteiger partial charge in [-0.15, -0.1) is 0 Å². The number of hydrogen-bond donors (Lipinski definition) is 1. The van der Waals surface area contributed by atoms with Crippen LogP contribution >= 0.6 is 0 Å². The number of nitrogens with zero attached hydrogens (tertiary/aromatic N) is 3. The smallest absolute Gasteiger partial charge is 0.336 e. The number of rotatable bonds is 3. The third-order valence-corrected chi connectivity index (χ3v) is 5.11. The first-order valence-electron chi connectivity index (χ1n) is 9.76. The zero-order valence-electron chi connectivity index (χ0n) is 16.8. The number of carbonyl (C=O) groups excluding carboxylic acids is 2. The van der Waals surface area contributed by atoms with E-state index in [1.54, 1.807) is 29.5 Å². The van der Waals surface area contributed by atoms with Crippen LogP contribution in [0.1, 0.15) is 44.3 Å². The van der Waals surface area contributed by atoms with Crippen molar-refractivity contribution in [2.24, 2.45) is 0 Å². The maximum absolute atomic E-state index is 13.2. The minimum Gasteiger partial charge on any atom is -0.427 e. The zero-order chi connectivity index (χ0) is 21.3. The fraction of sp³-hybridized carbons (Fsp3) is 0.273. The molecule has 1 aliphatic heterocycles. The van der Waals surface area contributed by atoms with Crippen LogP contribution in [-0.2, 0) is 13.1 Å². The Morgan fingerprint density at radius 3 is 2.60 bits per heavy atom. The second kappa shape index (κ2) is 7.98. The summed E-state index contributed by atoms with van der Waals surface area (Å²) < 4.78 is 6.90. The van der Waals surface area contributed by atoms with Crippen LogP contribution in [0.2, 0.25) is 0 Å². The first-order chi connectivity index (χ1) is 14.4. The standard InChI is InChI=1S/C22H22N4O4/c1-14-11-19(27)30-15(2)20(14)22(29)25-9-6-10-26-17(13-25)12-18(24-26)21(28)23-16-7-4-3-5-8-16/h3-5,7-8,11-12H,6,9-10,13H2,1-2H3,(H,23,28). The van der Waals surface area contributed by atoms with Crippen molar-refractivity contribution in [1.29, 1.82) is 0 Å². The van der Waals surface area contributed by atoms with Gasteiger partial charge < -0.3 is 14.6 Å². The number of hydrogen-bond acceptors (Lipinski definition) is 5. The molecule has 0 unspecified atom stereocenters. The van der Waals surface area contributed by atoms with Gasteiger partial charge in [-0.25, -0.2) is 4.79 Å². The highest BCUT2D eigenvalue weighted by molar-refractivity contribution is 6.03. The Balaban J connectivity index is 1.56. The maximum Gasteiger partial charge on any atom is 0.336 e. The van der Waals surface area contributed by atoms with Gasteiger partial charge in [0, 0.05) is 24.8 Å². The Morgan fingerprint density at radius 1 is 1.10 bits per heavy atom. The fourth-order valence-electron chi connectivity index (χ4n) is 3.70. The third kappa shape index (κ3) is 3.89. The van der Waals surface area contributed by atoms with E-state index in [4.69, 9.17) is 4.42 Å². The Morgan fingerprint density at radius 2 is 1.87 bits per heavy atom. The Bertz CT molecular complexity index is 1140. The van der Waals surface area contributed by atoms with Crippen molar-refractivity contribution in [2.45, 2.75) is 33.4 Å². The average Bonchev–Trinajstić information content (AvgIpc) is 2.99. The highest BCUT2D eigenvalue weighted by Gasteiger charge is 2.26. The lowest BCUT2D eigenvalue weighted by Gasteiger charge is -2.21. The molecular formula is C22H22N4O4. The fourth-order valence-corrected chi connectivity index (χ4v) is 3.70. The summed E-state index contributed by atoms with van der Waals surface area (Å²) in [6.07, 6.45) is 0.703. The molecule has 0 saturated carbocycles. The van der Waals surface area contributed by atoms with E-state index in [2.05, 4.69) is 10.4 Å². The molecule has 3 heterocycles. The quantitative estimate of drug-likeness (QED) is 0.721. The predicted molar refractivity (Wildman–Crippen MR) is 110 cm³/mol. The van der Waals surface area contributed by atoms with Crippen LogP contribution in [-0.4, -0.2) is 33.0 Å². The summed E-state index contributed by atoms with van der Waals surface area (Å²) in [5, 5.41) is 7.25. The van der Waals surface area contributed by atoms with E-state index in [1.165, 1.54) is 6.07 Å². The molecule has 0 bridgehead atoms. The second-order valence-corrected chi connectivity index (χ2v) is 7.32. The molecule has 0 fully saturated rings. The van der Waals surface area contributed by atoms with Crippen molar-refractivity contribution in [3.8, 4) is 0 Å². The lowest BCUT2D eigenvalue weighted by atomic mass is 10.1. The lowest BCUT2D eigenvalue weighted by Crippen LogP contribution is -2.32. The normalized spacial score (nSPS) is 13.5. The molecule has 0 aliphatic carbocycles. The third-order valence-electron chi connectivity index (χ3n) is 5.11. The first-order valence-corrected chi connectivity index (χ1v) is 9.76. The van der Waals surface area contributed by atoms with Crippen LogP contribution in [0, 0.1) is 13.8 Å². The van der Waals surface area contributed by atoms with Crippen molar-refractivity contribution in [3.63, 3.8) is 0 Å². The molecule has 0 saturated heterocycles. The second-order valence-electron chi connectivity index (χ2n) is 7.32. The van der Waals surface area contributed by atoms with Gasteiger partial charge >= 0.3 is 5.63 Å². The molecule has 1 N–H and O–H groups in total. The van der Waals surface area contributed by atoms with Gasteiger partial charge in [-0.05, 0) is 44.0 Å². The summed E-state index contributed by atoms with van der Waals surface area (Å²) >= 11 is 0. The minimum absolute atomic E-state index is 0.196. The van der Waals surface area contributed by atoms with E-state index in [1.807, 2.05) is 30.3 Å². The molecule has 30 heavy (non-hydrogen) atoms. The van der Waals surface area contributed by atoms with E-state index in [9.17, 15) is 14.4 Å². The molecule has 154 valence electrons. The number of aromatic nitrogens is 2.